The van der Waals surface area contributed by atoms with Crippen LogP contribution in [0.3, 0.4) is 0 Å². The molecule has 0 bridgehead atoms. The third kappa shape index (κ3) is 3.85. The van der Waals surface area contributed by atoms with E-state index >= 15 is 0 Å². The smallest absolute Gasteiger partial charge is 0.330 e. The number of nitrogens with zero attached hydrogens (tertiary/aromatic N) is 1. The summed E-state index contributed by atoms with van der Waals surface area (Å²) in [5.74, 6) is -0.322. The minimum atomic E-state index is -0.322. The van der Waals surface area contributed by atoms with Crippen molar-refractivity contribution in [3.05, 3.63) is 42.2 Å². The molecule has 3 nitrogen and oxygen atoms in total. The van der Waals surface area contributed by atoms with Gasteiger partial charge in [-0.05, 0) is 18.6 Å². The number of rotatable bonds is 4. The SMILES string of the molecule is CC/C=C/C(=O)OCc1ccccn1. The summed E-state index contributed by atoms with van der Waals surface area (Å²) in [4.78, 5) is 15.1. The van der Waals surface area contributed by atoms with Gasteiger partial charge in [0.2, 0.25) is 0 Å². The van der Waals surface area contributed by atoms with Gasteiger partial charge >= 0.3 is 5.97 Å². The van der Waals surface area contributed by atoms with Gasteiger partial charge in [-0.15, -0.1) is 0 Å². The summed E-state index contributed by atoms with van der Waals surface area (Å²) in [6.07, 6.45) is 5.70. The average molecular weight is 191 g/mol. The van der Waals surface area contributed by atoms with Crippen molar-refractivity contribution in [3.8, 4) is 0 Å². The van der Waals surface area contributed by atoms with E-state index in [4.69, 9.17) is 4.74 Å². The normalized spacial score (nSPS) is 10.4. The van der Waals surface area contributed by atoms with Gasteiger partial charge in [-0.1, -0.05) is 19.1 Å². The first-order valence-corrected chi connectivity index (χ1v) is 4.56. The van der Waals surface area contributed by atoms with Gasteiger partial charge in [-0.2, -0.15) is 0 Å². The van der Waals surface area contributed by atoms with Crippen LogP contribution in [-0.2, 0) is 16.1 Å². The molecule has 0 amide bonds. The van der Waals surface area contributed by atoms with E-state index in [1.54, 1.807) is 12.3 Å². The maximum absolute atomic E-state index is 11.0. The molecule has 0 aromatic carbocycles. The van der Waals surface area contributed by atoms with E-state index < -0.39 is 0 Å². The Kier molecular flexibility index (Phi) is 4.41. The van der Waals surface area contributed by atoms with Crippen LogP contribution in [0.15, 0.2) is 36.5 Å². The summed E-state index contributed by atoms with van der Waals surface area (Å²) in [5, 5.41) is 0. The molecule has 0 spiro atoms. The van der Waals surface area contributed by atoms with Crippen molar-refractivity contribution in [3.63, 3.8) is 0 Å². The molecular weight excluding hydrogens is 178 g/mol. The molecule has 0 aliphatic carbocycles. The number of carbonyl (C=O) groups excluding carboxylic acids is 1. The zero-order valence-electron chi connectivity index (χ0n) is 8.14. The number of ether oxygens (including phenoxy) is 1. The molecule has 74 valence electrons. The van der Waals surface area contributed by atoms with Crippen LogP contribution in [0.25, 0.3) is 0 Å². The van der Waals surface area contributed by atoms with Crippen LogP contribution in [-0.4, -0.2) is 11.0 Å². The number of allylic oxidation sites excluding steroid dienone is 1. The molecule has 0 saturated carbocycles. The third-order valence-corrected chi connectivity index (χ3v) is 1.58. The lowest BCUT2D eigenvalue weighted by Crippen LogP contribution is -2.01. The molecule has 1 aromatic rings. The van der Waals surface area contributed by atoms with Gasteiger partial charge in [0, 0.05) is 12.3 Å². The summed E-state index contributed by atoms with van der Waals surface area (Å²) in [7, 11) is 0. The lowest BCUT2D eigenvalue weighted by atomic mass is 10.4. The molecule has 3 heteroatoms. The van der Waals surface area contributed by atoms with E-state index in [0.717, 1.165) is 12.1 Å². The predicted molar refractivity (Wildman–Crippen MR) is 53.5 cm³/mol. The quantitative estimate of drug-likeness (QED) is 0.540. The molecule has 0 atom stereocenters. The van der Waals surface area contributed by atoms with Gasteiger partial charge in [-0.25, -0.2) is 4.79 Å². The predicted octanol–water partition coefficient (Wildman–Crippen LogP) is 2.09. The van der Waals surface area contributed by atoms with E-state index in [1.807, 2.05) is 25.1 Å². The third-order valence-electron chi connectivity index (χ3n) is 1.58. The molecule has 0 unspecified atom stereocenters. The maximum atomic E-state index is 11.0. The Morgan fingerprint density at radius 2 is 2.43 bits per heavy atom. The van der Waals surface area contributed by atoms with Gasteiger partial charge in [0.25, 0.3) is 0 Å². The van der Waals surface area contributed by atoms with Crippen LogP contribution in [0.5, 0.6) is 0 Å². The van der Waals surface area contributed by atoms with Crippen LogP contribution in [0.2, 0.25) is 0 Å². The highest BCUT2D eigenvalue weighted by atomic mass is 16.5. The first-order chi connectivity index (χ1) is 6.83. The number of esters is 1. The molecule has 0 aliphatic rings. The van der Waals surface area contributed by atoms with E-state index in [1.165, 1.54) is 6.08 Å². The highest BCUT2D eigenvalue weighted by Crippen LogP contribution is 1.96. The van der Waals surface area contributed by atoms with Crippen molar-refractivity contribution in [2.24, 2.45) is 0 Å². The second-order valence-corrected chi connectivity index (χ2v) is 2.74. The molecule has 1 aromatic heterocycles. The number of hydrogen-bond donors (Lipinski definition) is 0. The topological polar surface area (TPSA) is 39.2 Å². The fourth-order valence-corrected chi connectivity index (χ4v) is 0.891. The Balaban J connectivity index is 2.34. The highest BCUT2D eigenvalue weighted by molar-refractivity contribution is 5.81. The van der Waals surface area contributed by atoms with E-state index in [-0.39, 0.29) is 12.6 Å². The number of hydrogen-bond acceptors (Lipinski definition) is 3. The van der Waals surface area contributed by atoms with Crippen LogP contribution < -0.4 is 0 Å². The Hall–Kier alpha value is -1.64. The first kappa shape index (κ1) is 10.4. The zero-order chi connectivity index (χ0) is 10.2. The molecule has 1 heterocycles. The van der Waals surface area contributed by atoms with Gasteiger partial charge in [0.15, 0.2) is 0 Å². The van der Waals surface area contributed by atoms with Crippen molar-refractivity contribution in [2.75, 3.05) is 0 Å². The Labute approximate surface area is 83.4 Å². The molecule has 0 fully saturated rings. The second kappa shape index (κ2) is 5.91. The van der Waals surface area contributed by atoms with Crippen molar-refractivity contribution in [1.82, 2.24) is 4.98 Å². The van der Waals surface area contributed by atoms with E-state index in [0.29, 0.717) is 0 Å². The monoisotopic (exact) mass is 191 g/mol. The molecule has 0 aliphatic heterocycles. The Bertz CT molecular complexity index is 306. The number of carbonyl (C=O) groups is 1. The minimum Gasteiger partial charge on any atom is -0.456 e. The van der Waals surface area contributed by atoms with Crippen LogP contribution in [0.4, 0.5) is 0 Å². The second-order valence-electron chi connectivity index (χ2n) is 2.74. The van der Waals surface area contributed by atoms with Gasteiger partial charge in [0.1, 0.15) is 6.61 Å². The summed E-state index contributed by atoms with van der Waals surface area (Å²) >= 11 is 0. The summed E-state index contributed by atoms with van der Waals surface area (Å²) in [6.45, 7) is 2.19. The Morgan fingerprint density at radius 1 is 1.57 bits per heavy atom. The molecule has 0 saturated heterocycles. The summed E-state index contributed by atoms with van der Waals surface area (Å²) in [5.41, 5.74) is 0.755. The fraction of sp³-hybridized carbons (Fsp3) is 0.273. The highest BCUT2D eigenvalue weighted by Gasteiger charge is 1.97. The van der Waals surface area contributed by atoms with Crippen LogP contribution >= 0.6 is 0 Å². The molecule has 1 rings (SSSR count). The van der Waals surface area contributed by atoms with Crippen molar-refractivity contribution >= 4 is 5.97 Å². The molecule has 0 N–H and O–H groups in total. The van der Waals surface area contributed by atoms with Gasteiger partial charge < -0.3 is 4.74 Å². The summed E-state index contributed by atoms with van der Waals surface area (Å²) < 4.78 is 4.94. The first-order valence-electron chi connectivity index (χ1n) is 4.56. The lowest BCUT2D eigenvalue weighted by molar-refractivity contribution is -0.139. The fourth-order valence-electron chi connectivity index (χ4n) is 0.891. The number of aromatic nitrogens is 1. The lowest BCUT2D eigenvalue weighted by Gasteiger charge is -2.00. The van der Waals surface area contributed by atoms with E-state index in [2.05, 4.69) is 4.98 Å². The molecule has 0 radical (unpaired) electrons. The standard InChI is InChI=1S/C11H13NO2/c1-2-3-7-11(13)14-9-10-6-4-5-8-12-10/h3-8H,2,9H2,1H3/b7-3+. The Morgan fingerprint density at radius 3 is 3.07 bits per heavy atom. The zero-order valence-corrected chi connectivity index (χ0v) is 8.14. The van der Waals surface area contributed by atoms with Crippen molar-refractivity contribution in [2.45, 2.75) is 20.0 Å². The molecular formula is C11H13NO2. The van der Waals surface area contributed by atoms with E-state index in [9.17, 15) is 4.79 Å². The average Bonchev–Trinajstić information content (AvgIpc) is 2.25. The minimum absolute atomic E-state index is 0.230. The summed E-state index contributed by atoms with van der Waals surface area (Å²) in [6, 6.07) is 5.50. The van der Waals surface area contributed by atoms with Gasteiger partial charge in [-0.3, -0.25) is 4.98 Å². The largest absolute Gasteiger partial charge is 0.456 e. The van der Waals surface area contributed by atoms with Crippen LogP contribution in [0.1, 0.15) is 19.0 Å². The molecule has 14 heavy (non-hydrogen) atoms. The maximum Gasteiger partial charge on any atom is 0.330 e. The van der Waals surface area contributed by atoms with Crippen LogP contribution in [0, 0.1) is 0 Å². The van der Waals surface area contributed by atoms with Crippen molar-refractivity contribution in [1.29, 1.82) is 0 Å². The van der Waals surface area contributed by atoms with Gasteiger partial charge in [0.05, 0.1) is 5.69 Å². The number of pyridine rings is 1. The van der Waals surface area contributed by atoms with Crippen molar-refractivity contribution < 1.29 is 9.53 Å².